The monoisotopic (exact) mass is 393 g/mol. The van der Waals surface area contributed by atoms with E-state index in [1.165, 1.54) is 11.1 Å². The Bertz CT molecular complexity index is 752. The summed E-state index contributed by atoms with van der Waals surface area (Å²) in [6, 6.07) is 21.1. The number of nitrogens with one attached hydrogen (secondary N) is 1. The summed E-state index contributed by atoms with van der Waals surface area (Å²) in [6.07, 6.45) is 0.506. The maximum absolute atomic E-state index is 12.6. The van der Waals surface area contributed by atoms with Gasteiger partial charge in [-0.3, -0.25) is 14.6 Å². The van der Waals surface area contributed by atoms with Crippen molar-refractivity contribution >= 4 is 5.91 Å². The Labute approximate surface area is 175 Å². The number of hydrogen-bond acceptors (Lipinski definition) is 3. The van der Waals surface area contributed by atoms with Crippen LogP contribution >= 0.6 is 0 Å². The molecule has 1 aliphatic heterocycles. The zero-order chi connectivity index (χ0) is 20.7. The van der Waals surface area contributed by atoms with Crippen molar-refractivity contribution in [3.8, 4) is 0 Å². The van der Waals surface area contributed by atoms with E-state index in [0.717, 1.165) is 39.3 Å². The van der Waals surface area contributed by atoms with Gasteiger partial charge in [0.1, 0.15) is 0 Å². The van der Waals surface area contributed by atoms with Crippen LogP contribution in [0.1, 0.15) is 38.3 Å². The van der Waals surface area contributed by atoms with Crippen molar-refractivity contribution < 1.29 is 4.79 Å². The van der Waals surface area contributed by atoms with E-state index in [-0.39, 0.29) is 17.4 Å². The molecule has 1 atom stereocenters. The lowest BCUT2D eigenvalue weighted by Gasteiger charge is -2.36. The predicted molar refractivity (Wildman–Crippen MR) is 120 cm³/mol. The zero-order valence-corrected chi connectivity index (χ0v) is 18.1. The van der Waals surface area contributed by atoms with Crippen LogP contribution in [0, 0.1) is 0 Å². The molecule has 1 aliphatic rings. The average molecular weight is 394 g/mol. The Morgan fingerprint density at radius 2 is 1.48 bits per heavy atom. The van der Waals surface area contributed by atoms with Gasteiger partial charge in [-0.1, -0.05) is 74.5 Å². The topological polar surface area (TPSA) is 35.6 Å². The molecule has 0 aromatic heterocycles. The van der Waals surface area contributed by atoms with Crippen LogP contribution in [0.15, 0.2) is 60.7 Å². The Morgan fingerprint density at radius 3 is 2.10 bits per heavy atom. The molecule has 0 bridgehead atoms. The number of carbonyl (C=O) groups is 1. The van der Waals surface area contributed by atoms with Crippen molar-refractivity contribution in [1.29, 1.82) is 0 Å². The maximum Gasteiger partial charge on any atom is 0.221 e. The molecule has 0 saturated carbocycles. The average Bonchev–Trinajstić information content (AvgIpc) is 2.70. The van der Waals surface area contributed by atoms with Gasteiger partial charge in [0, 0.05) is 51.7 Å². The van der Waals surface area contributed by atoms with Crippen molar-refractivity contribution in [2.24, 2.45) is 0 Å². The van der Waals surface area contributed by atoms with Crippen LogP contribution in [0.25, 0.3) is 0 Å². The molecule has 0 aliphatic carbocycles. The molecule has 3 rings (SSSR count). The van der Waals surface area contributed by atoms with Crippen molar-refractivity contribution in [3.05, 3.63) is 71.8 Å². The first-order chi connectivity index (χ1) is 13.9. The van der Waals surface area contributed by atoms with Crippen LogP contribution in [0.2, 0.25) is 0 Å². The van der Waals surface area contributed by atoms with Gasteiger partial charge in [-0.05, 0) is 23.5 Å². The largest absolute Gasteiger partial charge is 0.352 e. The minimum absolute atomic E-state index is 0.133. The van der Waals surface area contributed by atoms with E-state index in [9.17, 15) is 4.79 Å². The Morgan fingerprint density at radius 1 is 0.931 bits per heavy atom. The first kappa shape index (κ1) is 21.5. The van der Waals surface area contributed by atoms with Gasteiger partial charge in [-0.2, -0.15) is 0 Å². The highest BCUT2D eigenvalue weighted by Crippen LogP contribution is 2.26. The molecule has 1 N–H and O–H groups in total. The molecule has 2 aromatic carbocycles. The quantitative estimate of drug-likeness (QED) is 0.743. The molecule has 0 unspecified atom stereocenters. The van der Waals surface area contributed by atoms with Gasteiger partial charge in [-0.25, -0.2) is 0 Å². The SMILES string of the molecule is C[C@@H](CN1CCN(Cc2ccccc2)CC1)NC(=O)CC(C)(C)c1ccccc1. The summed E-state index contributed by atoms with van der Waals surface area (Å²) in [5.41, 5.74) is 2.42. The van der Waals surface area contributed by atoms with E-state index in [1.807, 2.05) is 18.2 Å². The number of carbonyl (C=O) groups excluding carboxylic acids is 1. The van der Waals surface area contributed by atoms with E-state index in [4.69, 9.17) is 0 Å². The minimum atomic E-state index is -0.159. The van der Waals surface area contributed by atoms with Crippen LogP contribution in [0.5, 0.6) is 0 Å². The van der Waals surface area contributed by atoms with Gasteiger partial charge in [0.05, 0.1) is 0 Å². The smallest absolute Gasteiger partial charge is 0.221 e. The minimum Gasteiger partial charge on any atom is -0.352 e. The molecular weight excluding hydrogens is 358 g/mol. The molecule has 29 heavy (non-hydrogen) atoms. The normalized spacial score (nSPS) is 17.1. The van der Waals surface area contributed by atoms with E-state index < -0.39 is 0 Å². The van der Waals surface area contributed by atoms with Crippen LogP contribution in [0.3, 0.4) is 0 Å². The van der Waals surface area contributed by atoms with Crippen molar-refractivity contribution in [3.63, 3.8) is 0 Å². The highest BCUT2D eigenvalue weighted by molar-refractivity contribution is 5.77. The molecule has 0 radical (unpaired) electrons. The molecule has 4 nitrogen and oxygen atoms in total. The summed E-state index contributed by atoms with van der Waals surface area (Å²) in [6.45, 7) is 12.6. The van der Waals surface area contributed by atoms with Crippen LogP contribution < -0.4 is 5.32 Å². The molecule has 0 spiro atoms. The molecule has 2 aromatic rings. The molecule has 4 heteroatoms. The fourth-order valence-corrected chi connectivity index (χ4v) is 4.12. The second-order valence-electron chi connectivity index (χ2n) is 8.96. The number of piperazine rings is 1. The Hall–Kier alpha value is -2.17. The van der Waals surface area contributed by atoms with Crippen LogP contribution in [-0.4, -0.2) is 54.5 Å². The molecule has 1 heterocycles. The van der Waals surface area contributed by atoms with Crippen molar-refractivity contribution in [2.45, 2.75) is 45.2 Å². The summed E-state index contributed by atoms with van der Waals surface area (Å²) in [7, 11) is 0. The lowest BCUT2D eigenvalue weighted by Crippen LogP contribution is -2.50. The lowest BCUT2D eigenvalue weighted by molar-refractivity contribution is -0.122. The first-order valence-electron chi connectivity index (χ1n) is 10.8. The summed E-state index contributed by atoms with van der Waals surface area (Å²) >= 11 is 0. The molecule has 1 saturated heterocycles. The van der Waals surface area contributed by atoms with E-state index >= 15 is 0 Å². The molecule has 1 amide bonds. The fourth-order valence-electron chi connectivity index (χ4n) is 4.12. The first-order valence-corrected chi connectivity index (χ1v) is 10.8. The number of rotatable bonds is 8. The Balaban J connectivity index is 1.39. The summed E-state index contributed by atoms with van der Waals surface area (Å²) in [5, 5.41) is 3.21. The fraction of sp³-hybridized carbons (Fsp3) is 0.480. The number of nitrogens with zero attached hydrogens (tertiary/aromatic N) is 2. The van der Waals surface area contributed by atoms with Crippen LogP contribution in [0.4, 0.5) is 0 Å². The van der Waals surface area contributed by atoms with Gasteiger partial charge < -0.3 is 5.32 Å². The lowest BCUT2D eigenvalue weighted by atomic mass is 9.81. The summed E-state index contributed by atoms with van der Waals surface area (Å²) in [5.74, 6) is 0.133. The zero-order valence-electron chi connectivity index (χ0n) is 18.1. The van der Waals surface area contributed by atoms with Crippen LogP contribution in [-0.2, 0) is 16.8 Å². The maximum atomic E-state index is 12.6. The third-order valence-corrected chi connectivity index (χ3v) is 5.81. The number of amides is 1. The summed E-state index contributed by atoms with van der Waals surface area (Å²) < 4.78 is 0. The van der Waals surface area contributed by atoms with Gasteiger partial charge in [-0.15, -0.1) is 0 Å². The number of hydrogen-bond donors (Lipinski definition) is 1. The highest BCUT2D eigenvalue weighted by atomic mass is 16.1. The predicted octanol–water partition coefficient (Wildman–Crippen LogP) is 3.68. The van der Waals surface area contributed by atoms with Gasteiger partial charge in [0.25, 0.3) is 0 Å². The molecule has 156 valence electrons. The van der Waals surface area contributed by atoms with Gasteiger partial charge in [0.15, 0.2) is 0 Å². The highest BCUT2D eigenvalue weighted by Gasteiger charge is 2.25. The number of benzene rings is 2. The summed E-state index contributed by atoms with van der Waals surface area (Å²) in [4.78, 5) is 17.6. The third-order valence-electron chi connectivity index (χ3n) is 5.81. The van der Waals surface area contributed by atoms with E-state index in [2.05, 4.69) is 78.4 Å². The Kier molecular flexibility index (Phi) is 7.45. The van der Waals surface area contributed by atoms with Crippen molar-refractivity contribution in [2.75, 3.05) is 32.7 Å². The third kappa shape index (κ3) is 6.69. The second-order valence-corrected chi connectivity index (χ2v) is 8.96. The van der Waals surface area contributed by atoms with Crippen molar-refractivity contribution in [1.82, 2.24) is 15.1 Å². The standard InChI is InChI=1S/C25H35N3O/c1-21(26-24(29)18-25(2,3)23-12-8-5-9-13-23)19-27-14-16-28(17-15-27)20-22-10-6-4-7-11-22/h4-13,21H,14-20H2,1-3H3,(H,26,29)/t21-/m0/s1. The van der Waals surface area contributed by atoms with E-state index in [1.54, 1.807) is 0 Å². The second kappa shape index (κ2) is 10.0. The molecule has 1 fully saturated rings. The van der Waals surface area contributed by atoms with E-state index in [0.29, 0.717) is 6.42 Å². The van der Waals surface area contributed by atoms with Gasteiger partial charge in [0.2, 0.25) is 5.91 Å². The molecular formula is C25H35N3O. The van der Waals surface area contributed by atoms with Gasteiger partial charge >= 0.3 is 0 Å².